The van der Waals surface area contributed by atoms with Gasteiger partial charge in [0.2, 0.25) is 0 Å². The second-order valence-corrected chi connectivity index (χ2v) is 30.6. The highest BCUT2D eigenvalue weighted by Gasteiger charge is 2.26. The molecule has 6 heteroatoms. The minimum absolute atomic E-state index is 1.13. The van der Waals surface area contributed by atoms with Crippen molar-refractivity contribution in [2.75, 3.05) is 0 Å². The van der Waals surface area contributed by atoms with Gasteiger partial charge in [-0.2, -0.15) is 0 Å². The Morgan fingerprint density at radius 1 is 0.170 bits per heavy atom. The van der Waals surface area contributed by atoms with Gasteiger partial charge in [-0.05, 0) is 163 Å². The number of hydrogen-bond donors (Lipinski definition) is 0. The van der Waals surface area contributed by atoms with Crippen LogP contribution in [-0.2, 0) is 0 Å². The Morgan fingerprint density at radius 2 is 0.472 bits per heavy atom. The van der Waals surface area contributed by atoms with Gasteiger partial charge in [-0.1, -0.05) is 255 Å². The van der Waals surface area contributed by atoms with Gasteiger partial charge >= 0.3 is 0 Å². The number of nitrogens with zero attached hydrogens (tertiary/aromatic N) is 4. The number of hydrogen-bond acceptors (Lipinski definition) is 2. The Kier molecular flexibility index (Phi) is 12.1. The first kappa shape index (κ1) is 58.2. The summed E-state index contributed by atoms with van der Waals surface area (Å²) in [5.41, 5.74) is 21.5. The lowest BCUT2D eigenvalue weighted by atomic mass is 9.94. The number of aromatic nitrogens is 4. The zero-order valence-corrected chi connectivity index (χ0v) is 58.7. The predicted molar refractivity (Wildman–Crippen MR) is 456 cm³/mol. The molecule has 0 fully saturated rings. The fraction of sp³-hybridized carbons (Fsp3) is 0. The molecule has 0 atom stereocenters. The standard InChI is InChI=1S/C100H58N4S2/c1-4-24-69-59(17-1)20-13-30-70(69)63-39-44-67(45-40-63)101-85-32-10-7-27-78(85)93-89(101)53-48-74-75-49-54-90-94(98(75)105-97(74)93)79-28-8-11-33-86(79)102(90)68-46-41-64(42-47-68)71-31-14-21-62-37-38-65(57-81(62)71)66-43-52-88-82(58-66)96-92(104(88)84-36-16-23-61-19-3-6-26-73(61)84)56-51-77-76-50-55-91-95(99(76)106-100(77)96)80-29-9-12-34-87(80)103(91)83-35-15-22-60-18-2-5-25-72(60)83/h1-58H. The molecule has 106 heavy (non-hydrogen) atoms. The lowest BCUT2D eigenvalue weighted by Gasteiger charge is -2.13. The Morgan fingerprint density at radius 3 is 0.934 bits per heavy atom. The predicted octanol–water partition coefficient (Wildman–Crippen LogP) is 28.4. The first-order chi connectivity index (χ1) is 52.6. The van der Waals surface area contributed by atoms with E-state index in [0.29, 0.717) is 0 Å². The van der Waals surface area contributed by atoms with Crippen LogP contribution < -0.4 is 0 Å². The normalized spacial score (nSPS) is 12.3. The maximum atomic E-state index is 2.53. The molecule has 0 radical (unpaired) electrons. The molecule has 0 spiro atoms. The van der Waals surface area contributed by atoms with Crippen molar-refractivity contribution in [3.63, 3.8) is 0 Å². The van der Waals surface area contributed by atoms with E-state index in [2.05, 4.69) is 370 Å². The second kappa shape index (κ2) is 22.1. The van der Waals surface area contributed by atoms with Crippen LogP contribution in [0.4, 0.5) is 0 Å². The van der Waals surface area contributed by atoms with Crippen LogP contribution in [0.1, 0.15) is 0 Å². The SMILES string of the molecule is c1ccc2c(-c3ccc(-n4c5ccccc5c5c6sc7c(ccc8c7c7ccccc7n8-c7ccc(-c8cccc9ccc(-c%10ccc%11c(c%10)c%10c%12sc%13c(ccc%14c%13c%13ccccc%13n%14-c%13cccc%14ccccc%13%14)c%12ccc%10n%11-c%10cccc%11ccccc%10%11)cc89)cc7)c6ccc54)cc3)cccc2c1. The van der Waals surface area contributed by atoms with Gasteiger partial charge < -0.3 is 18.3 Å². The molecule has 490 valence electrons. The number of rotatable bonds is 7. The summed E-state index contributed by atoms with van der Waals surface area (Å²) in [6.07, 6.45) is 0. The quantitative estimate of drug-likeness (QED) is 0.152. The van der Waals surface area contributed by atoms with Crippen LogP contribution in [0.25, 0.3) is 227 Å². The maximum absolute atomic E-state index is 2.53. The van der Waals surface area contributed by atoms with Crippen molar-refractivity contribution in [2.45, 2.75) is 0 Å². The van der Waals surface area contributed by atoms with Crippen molar-refractivity contribution in [3.8, 4) is 56.1 Å². The third kappa shape index (κ3) is 8.17. The third-order valence-corrected chi connectivity index (χ3v) is 25.7. The summed E-state index contributed by atoms with van der Waals surface area (Å²) in [7, 11) is 0. The van der Waals surface area contributed by atoms with Gasteiger partial charge in [-0.25, -0.2) is 0 Å². The monoisotopic (exact) mass is 1380 g/mol. The zero-order chi connectivity index (χ0) is 69.0. The molecular formula is C100H58N4S2. The van der Waals surface area contributed by atoms with Crippen molar-refractivity contribution >= 4 is 193 Å². The van der Waals surface area contributed by atoms with E-state index in [0.717, 1.165) is 11.4 Å². The summed E-state index contributed by atoms with van der Waals surface area (Å²) in [5, 5.41) is 25.2. The molecule has 4 nitrogen and oxygen atoms in total. The van der Waals surface area contributed by atoms with Crippen LogP contribution in [0.2, 0.25) is 0 Å². The van der Waals surface area contributed by atoms with Gasteiger partial charge in [0.15, 0.2) is 0 Å². The van der Waals surface area contributed by atoms with E-state index in [1.807, 2.05) is 22.7 Å². The van der Waals surface area contributed by atoms with Crippen molar-refractivity contribution in [1.82, 2.24) is 18.3 Å². The van der Waals surface area contributed by atoms with E-state index in [9.17, 15) is 0 Å². The number of para-hydroxylation sites is 3. The summed E-state index contributed by atoms with van der Waals surface area (Å²) < 4.78 is 15.2. The lowest BCUT2D eigenvalue weighted by molar-refractivity contribution is 1.18. The van der Waals surface area contributed by atoms with Gasteiger partial charge in [0.25, 0.3) is 0 Å². The number of thiophene rings is 2. The highest BCUT2D eigenvalue weighted by molar-refractivity contribution is 7.28. The van der Waals surface area contributed by atoms with E-state index < -0.39 is 0 Å². The molecular weight excluding hydrogens is 1320 g/mol. The van der Waals surface area contributed by atoms with Crippen LogP contribution >= 0.6 is 22.7 Å². The van der Waals surface area contributed by atoms with Crippen molar-refractivity contribution in [2.24, 2.45) is 0 Å². The molecule has 6 aromatic heterocycles. The van der Waals surface area contributed by atoms with E-state index in [-0.39, 0.29) is 0 Å². The number of benzene rings is 18. The largest absolute Gasteiger partial charge is 0.309 e. The molecule has 0 aliphatic rings. The molecule has 18 aromatic carbocycles. The smallest absolute Gasteiger partial charge is 0.0556 e. The van der Waals surface area contributed by atoms with Crippen molar-refractivity contribution in [1.29, 1.82) is 0 Å². The van der Waals surface area contributed by atoms with E-state index in [1.54, 1.807) is 0 Å². The minimum atomic E-state index is 1.13. The van der Waals surface area contributed by atoms with Crippen LogP contribution in [0.5, 0.6) is 0 Å². The average molecular weight is 1380 g/mol. The summed E-state index contributed by atoms with van der Waals surface area (Å²) in [6, 6.07) is 132. The Bertz CT molecular complexity index is 7930. The van der Waals surface area contributed by atoms with E-state index in [4.69, 9.17) is 0 Å². The van der Waals surface area contributed by atoms with E-state index >= 15 is 0 Å². The summed E-state index contributed by atoms with van der Waals surface area (Å²) in [6.45, 7) is 0. The second-order valence-electron chi connectivity index (χ2n) is 28.5. The molecule has 0 aliphatic carbocycles. The van der Waals surface area contributed by atoms with Gasteiger partial charge in [-0.15, -0.1) is 22.7 Å². The van der Waals surface area contributed by atoms with Crippen molar-refractivity contribution < 1.29 is 0 Å². The highest BCUT2D eigenvalue weighted by Crippen LogP contribution is 2.52. The molecule has 0 saturated carbocycles. The topological polar surface area (TPSA) is 19.7 Å². The van der Waals surface area contributed by atoms with Crippen LogP contribution in [0.15, 0.2) is 352 Å². The Hall–Kier alpha value is -13.4. The maximum Gasteiger partial charge on any atom is 0.0556 e. The van der Waals surface area contributed by atoms with Crippen molar-refractivity contribution in [3.05, 3.63) is 352 Å². The molecule has 0 N–H and O–H groups in total. The fourth-order valence-corrected chi connectivity index (χ4v) is 21.3. The molecule has 0 bridgehead atoms. The average Bonchev–Trinajstić information content (AvgIpc) is 1.55. The molecule has 6 heterocycles. The Balaban J connectivity index is 0.631. The van der Waals surface area contributed by atoms with Gasteiger partial charge in [-0.3, -0.25) is 0 Å². The van der Waals surface area contributed by atoms with Gasteiger partial charge in [0, 0.05) is 106 Å². The molecule has 0 amide bonds. The first-order valence-electron chi connectivity index (χ1n) is 36.5. The minimum Gasteiger partial charge on any atom is -0.309 e. The van der Waals surface area contributed by atoms with Crippen LogP contribution in [0.3, 0.4) is 0 Å². The fourth-order valence-electron chi connectivity index (χ4n) is 18.5. The molecule has 0 unspecified atom stereocenters. The van der Waals surface area contributed by atoms with E-state index in [1.165, 1.54) is 215 Å². The number of fused-ring (bicyclic) bond motifs is 26. The highest BCUT2D eigenvalue weighted by atomic mass is 32.1. The zero-order valence-electron chi connectivity index (χ0n) is 57.1. The van der Waals surface area contributed by atoms with Gasteiger partial charge in [0.1, 0.15) is 0 Å². The third-order valence-electron chi connectivity index (χ3n) is 23.1. The molecule has 0 saturated heterocycles. The molecule has 0 aliphatic heterocycles. The molecule has 24 aromatic rings. The van der Waals surface area contributed by atoms with Crippen LogP contribution in [-0.4, -0.2) is 18.3 Å². The lowest BCUT2D eigenvalue weighted by Crippen LogP contribution is -1.95. The Labute approximate surface area is 615 Å². The summed E-state index contributed by atoms with van der Waals surface area (Å²) >= 11 is 3.89. The van der Waals surface area contributed by atoms with Crippen LogP contribution in [0, 0.1) is 0 Å². The van der Waals surface area contributed by atoms with Gasteiger partial charge in [0.05, 0.1) is 55.5 Å². The first-order valence-corrected chi connectivity index (χ1v) is 38.1. The molecule has 24 rings (SSSR count). The summed E-state index contributed by atoms with van der Waals surface area (Å²) in [5.74, 6) is 0. The summed E-state index contributed by atoms with van der Waals surface area (Å²) in [4.78, 5) is 0.